The Bertz CT molecular complexity index is 776. The maximum absolute atomic E-state index is 12.3. The molecule has 8 nitrogen and oxygen atoms in total. The molecule has 0 N–H and O–H groups in total. The third kappa shape index (κ3) is 3.02. The maximum atomic E-state index is 12.3. The number of imide groups is 1. The van der Waals surface area contributed by atoms with Crippen LogP contribution in [0.25, 0.3) is 0 Å². The van der Waals surface area contributed by atoms with E-state index in [4.69, 9.17) is 4.74 Å². The molecule has 0 radical (unpaired) electrons. The first-order valence-corrected chi connectivity index (χ1v) is 7.16. The van der Waals surface area contributed by atoms with Crippen molar-refractivity contribution in [3.05, 3.63) is 64.7 Å². The van der Waals surface area contributed by atoms with Gasteiger partial charge in [-0.1, -0.05) is 18.2 Å². The first-order valence-electron chi connectivity index (χ1n) is 7.16. The fraction of sp³-hybridized carbons (Fsp3) is 0.125. The molecule has 8 heteroatoms. The Kier molecular flexibility index (Phi) is 4.11. The van der Waals surface area contributed by atoms with Gasteiger partial charge in [0.1, 0.15) is 5.75 Å². The number of ether oxygens (including phenoxy) is 1. The van der Waals surface area contributed by atoms with E-state index in [0.717, 1.165) is 4.90 Å². The van der Waals surface area contributed by atoms with Crippen LogP contribution < -0.4 is 9.64 Å². The van der Waals surface area contributed by atoms with Gasteiger partial charge in [-0.05, 0) is 24.3 Å². The summed E-state index contributed by atoms with van der Waals surface area (Å²) in [6.45, 7) is 0.581. The highest BCUT2D eigenvalue weighted by molar-refractivity contribution is 6.03. The standard InChI is InChI=1S/C16H13N3O5/c20-15-17(12-4-2-1-3-5-12)10-11-18(15)16(21)24-14-8-6-13(7-9-14)19(22)23/h1-9H,10-11H2. The molecule has 2 aromatic rings. The number of benzene rings is 2. The summed E-state index contributed by atoms with van der Waals surface area (Å²) < 4.78 is 5.10. The van der Waals surface area contributed by atoms with E-state index in [0.29, 0.717) is 12.2 Å². The fourth-order valence-electron chi connectivity index (χ4n) is 2.35. The summed E-state index contributed by atoms with van der Waals surface area (Å²) in [4.78, 5) is 37.0. The van der Waals surface area contributed by atoms with Gasteiger partial charge in [0, 0.05) is 24.4 Å². The number of hydrogen-bond donors (Lipinski definition) is 0. The van der Waals surface area contributed by atoms with Gasteiger partial charge in [-0.2, -0.15) is 0 Å². The van der Waals surface area contributed by atoms with Crippen LogP contribution in [0.15, 0.2) is 54.6 Å². The molecular formula is C16H13N3O5. The van der Waals surface area contributed by atoms with Gasteiger partial charge in [0.2, 0.25) is 0 Å². The monoisotopic (exact) mass is 327 g/mol. The van der Waals surface area contributed by atoms with Crippen LogP contribution in [0, 0.1) is 10.1 Å². The number of nitrogens with zero attached hydrogens (tertiary/aromatic N) is 3. The summed E-state index contributed by atoms with van der Waals surface area (Å²) in [6.07, 6.45) is -0.813. The Labute approximate surface area is 137 Å². The zero-order chi connectivity index (χ0) is 17.1. The van der Waals surface area contributed by atoms with Crippen LogP contribution >= 0.6 is 0 Å². The predicted molar refractivity (Wildman–Crippen MR) is 85.0 cm³/mol. The van der Waals surface area contributed by atoms with Gasteiger partial charge in [-0.15, -0.1) is 0 Å². The first-order chi connectivity index (χ1) is 11.6. The van der Waals surface area contributed by atoms with Gasteiger partial charge in [-0.25, -0.2) is 14.5 Å². The number of urea groups is 1. The smallest absolute Gasteiger partial charge is 0.410 e. The van der Waals surface area contributed by atoms with Crippen molar-refractivity contribution >= 4 is 23.5 Å². The van der Waals surface area contributed by atoms with E-state index in [-0.39, 0.29) is 18.0 Å². The molecule has 2 aromatic carbocycles. The van der Waals surface area contributed by atoms with Gasteiger partial charge < -0.3 is 4.74 Å². The molecule has 1 aliphatic rings. The highest BCUT2D eigenvalue weighted by atomic mass is 16.6. The van der Waals surface area contributed by atoms with Crippen LogP contribution in [-0.2, 0) is 0 Å². The van der Waals surface area contributed by atoms with Gasteiger partial charge in [0.15, 0.2) is 0 Å². The highest BCUT2D eigenvalue weighted by Crippen LogP contribution is 2.22. The molecule has 0 aliphatic carbocycles. The molecule has 1 aliphatic heterocycles. The van der Waals surface area contributed by atoms with Crippen molar-refractivity contribution < 1.29 is 19.2 Å². The van der Waals surface area contributed by atoms with Gasteiger partial charge in [0.25, 0.3) is 5.69 Å². The Morgan fingerprint density at radius 3 is 2.33 bits per heavy atom. The molecule has 3 rings (SSSR count). The van der Waals surface area contributed by atoms with Crippen molar-refractivity contribution in [3.8, 4) is 5.75 Å². The summed E-state index contributed by atoms with van der Waals surface area (Å²) in [5, 5.41) is 10.6. The lowest BCUT2D eigenvalue weighted by Gasteiger charge is -2.17. The van der Waals surface area contributed by atoms with E-state index < -0.39 is 17.0 Å². The third-order valence-corrected chi connectivity index (χ3v) is 3.55. The number of non-ortho nitro benzene ring substituents is 1. The number of hydrogen-bond acceptors (Lipinski definition) is 5. The second-order valence-corrected chi connectivity index (χ2v) is 5.04. The van der Waals surface area contributed by atoms with E-state index in [9.17, 15) is 19.7 Å². The number of nitro groups is 1. The molecule has 122 valence electrons. The second-order valence-electron chi connectivity index (χ2n) is 5.04. The van der Waals surface area contributed by atoms with Crippen LogP contribution in [0.3, 0.4) is 0 Å². The number of nitro benzene ring substituents is 1. The largest absolute Gasteiger partial charge is 0.423 e. The van der Waals surface area contributed by atoms with Gasteiger partial charge >= 0.3 is 12.1 Å². The minimum absolute atomic E-state index is 0.109. The molecule has 1 saturated heterocycles. The van der Waals surface area contributed by atoms with Crippen molar-refractivity contribution in [2.24, 2.45) is 0 Å². The molecule has 0 bridgehead atoms. The summed E-state index contributed by atoms with van der Waals surface area (Å²) in [7, 11) is 0. The topological polar surface area (TPSA) is 93.0 Å². The van der Waals surface area contributed by atoms with E-state index >= 15 is 0 Å². The molecule has 0 aromatic heterocycles. The van der Waals surface area contributed by atoms with Crippen molar-refractivity contribution in [3.63, 3.8) is 0 Å². The maximum Gasteiger partial charge on any atom is 0.423 e. The minimum Gasteiger partial charge on any atom is -0.410 e. The molecule has 0 unspecified atom stereocenters. The van der Waals surface area contributed by atoms with Crippen molar-refractivity contribution in [2.45, 2.75) is 0 Å². The number of rotatable bonds is 3. The minimum atomic E-state index is -0.813. The number of anilines is 1. The average Bonchev–Trinajstić information content (AvgIpc) is 2.98. The fourth-order valence-corrected chi connectivity index (χ4v) is 2.35. The van der Waals surface area contributed by atoms with E-state index in [1.807, 2.05) is 6.07 Å². The molecular weight excluding hydrogens is 314 g/mol. The van der Waals surface area contributed by atoms with Crippen molar-refractivity contribution in [1.82, 2.24) is 4.90 Å². The van der Waals surface area contributed by atoms with Gasteiger partial charge in [-0.3, -0.25) is 15.0 Å². The molecule has 0 atom stereocenters. The van der Waals surface area contributed by atoms with Crippen molar-refractivity contribution in [1.29, 1.82) is 0 Å². The van der Waals surface area contributed by atoms with E-state index in [2.05, 4.69) is 0 Å². The van der Waals surface area contributed by atoms with Crippen LogP contribution in [-0.4, -0.2) is 35.0 Å². The first kappa shape index (κ1) is 15.5. The molecule has 0 spiro atoms. The zero-order valence-electron chi connectivity index (χ0n) is 12.5. The molecule has 1 heterocycles. The summed E-state index contributed by atoms with van der Waals surface area (Å²) in [5.74, 6) is 0.136. The lowest BCUT2D eigenvalue weighted by Crippen LogP contribution is -2.38. The summed E-state index contributed by atoms with van der Waals surface area (Å²) in [5.41, 5.74) is 0.593. The summed E-state index contributed by atoms with van der Waals surface area (Å²) in [6, 6.07) is 13.6. The summed E-state index contributed by atoms with van der Waals surface area (Å²) >= 11 is 0. The Balaban J connectivity index is 1.67. The lowest BCUT2D eigenvalue weighted by molar-refractivity contribution is -0.384. The Hall–Kier alpha value is -3.42. The number of amides is 3. The normalized spacial score (nSPS) is 13.9. The number of carbonyl (C=O) groups excluding carboxylic acids is 2. The van der Waals surface area contributed by atoms with Crippen LogP contribution in [0.1, 0.15) is 0 Å². The molecule has 3 amide bonds. The van der Waals surface area contributed by atoms with Crippen molar-refractivity contribution in [2.75, 3.05) is 18.0 Å². The molecule has 24 heavy (non-hydrogen) atoms. The number of carbonyl (C=O) groups is 2. The SMILES string of the molecule is O=C(Oc1ccc([N+](=O)[O-])cc1)N1CCN(c2ccccc2)C1=O. The van der Waals surface area contributed by atoms with E-state index in [1.165, 1.54) is 29.2 Å². The third-order valence-electron chi connectivity index (χ3n) is 3.55. The van der Waals surface area contributed by atoms with Crippen LogP contribution in [0.5, 0.6) is 5.75 Å². The van der Waals surface area contributed by atoms with Gasteiger partial charge in [0.05, 0.1) is 11.5 Å². The Morgan fingerprint density at radius 2 is 1.71 bits per heavy atom. The Morgan fingerprint density at radius 1 is 1.04 bits per heavy atom. The van der Waals surface area contributed by atoms with E-state index in [1.54, 1.807) is 24.3 Å². The number of para-hydroxylation sites is 1. The second kappa shape index (κ2) is 6.37. The highest BCUT2D eigenvalue weighted by Gasteiger charge is 2.35. The quantitative estimate of drug-likeness (QED) is 0.638. The van der Waals surface area contributed by atoms with Crippen LogP contribution in [0.2, 0.25) is 0 Å². The average molecular weight is 327 g/mol. The lowest BCUT2D eigenvalue weighted by atomic mass is 10.3. The molecule has 0 saturated carbocycles. The van der Waals surface area contributed by atoms with Crippen LogP contribution in [0.4, 0.5) is 21.0 Å². The molecule has 1 fully saturated rings. The zero-order valence-corrected chi connectivity index (χ0v) is 12.5. The predicted octanol–water partition coefficient (Wildman–Crippen LogP) is 3.04.